The Labute approximate surface area is 151 Å². The minimum absolute atomic E-state index is 0.282. The fourth-order valence-corrected chi connectivity index (χ4v) is 2.61. The van der Waals surface area contributed by atoms with Gasteiger partial charge >= 0.3 is 0 Å². The van der Waals surface area contributed by atoms with E-state index in [-0.39, 0.29) is 11.5 Å². The van der Waals surface area contributed by atoms with Crippen molar-refractivity contribution in [2.24, 2.45) is 0 Å². The molecule has 1 aromatic carbocycles. The number of para-hydroxylation sites is 2. The minimum Gasteiger partial charge on any atom is -0.320 e. The highest BCUT2D eigenvalue weighted by atomic mass is 35.5. The van der Waals surface area contributed by atoms with Gasteiger partial charge in [0.2, 0.25) is 0 Å². The fraction of sp³-hybridized carbons (Fsp3) is 0. The molecule has 2 N–H and O–H groups in total. The van der Waals surface area contributed by atoms with E-state index in [1.807, 2.05) is 0 Å². The molecule has 3 heterocycles. The lowest BCUT2D eigenvalue weighted by molar-refractivity contribution is 0.102. The molecular formula is C17H11ClN6O2. The maximum absolute atomic E-state index is 12.5. The molecular weight excluding hydrogens is 356 g/mol. The number of rotatable bonds is 3. The van der Waals surface area contributed by atoms with Crippen LogP contribution in [0.15, 0.2) is 59.9 Å². The Morgan fingerprint density at radius 3 is 2.77 bits per heavy atom. The lowest BCUT2D eigenvalue weighted by Crippen LogP contribution is -2.14. The number of halogens is 1. The first-order valence-corrected chi connectivity index (χ1v) is 7.95. The number of H-pyrrole nitrogens is 1. The number of aromatic nitrogens is 5. The molecule has 9 heteroatoms. The van der Waals surface area contributed by atoms with E-state index in [1.165, 1.54) is 23.4 Å². The van der Waals surface area contributed by atoms with Crippen LogP contribution in [0.4, 0.5) is 5.69 Å². The van der Waals surface area contributed by atoms with Crippen LogP contribution in [0.3, 0.4) is 0 Å². The smallest absolute Gasteiger partial charge is 0.261 e. The van der Waals surface area contributed by atoms with E-state index in [2.05, 4.69) is 25.4 Å². The van der Waals surface area contributed by atoms with Crippen molar-refractivity contribution in [1.29, 1.82) is 0 Å². The molecule has 0 saturated heterocycles. The van der Waals surface area contributed by atoms with Crippen LogP contribution in [0.5, 0.6) is 0 Å². The second kappa shape index (κ2) is 6.41. The number of pyridine rings is 1. The Kier molecular flexibility index (Phi) is 3.94. The average molecular weight is 367 g/mol. The van der Waals surface area contributed by atoms with Gasteiger partial charge in [-0.3, -0.25) is 9.59 Å². The molecule has 0 bridgehead atoms. The van der Waals surface area contributed by atoms with E-state index in [0.717, 1.165) is 0 Å². The first kappa shape index (κ1) is 16.0. The number of hydrogen-bond donors (Lipinski definition) is 2. The quantitative estimate of drug-likeness (QED) is 0.542. The lowest BCUT2D eigenvalue weighted by atomic mass is 10.2. The van der Waals surface area contributed by atoms with E-state index in [4.69, 9.17) is 11.6 Å². The summed E-state index contributed by atoms with van der Waals surface area (Å²) in [6.07, 6.45) is 4.14. The van der Waals surface area contributed by atoms with Gasteiger partial charge in [-0.05, 0) is 24.3 Å². The van der Waals surface area contributed by atoms with Gasteiger partial charge < -0.3 is 10.3 Å². The summed E-state index contributed by atoms with van der Waals surface area (Å²) in [5.74, 6) is -0.344. The summed E-state index contributed by atoms with van der Waals surface area (Å²) in [5.41, 5.74) is 1.57. The molecule has 26 heavy (non-hydrogen) atoms. The fourth-order valence-electron chi connectivity index (χ4n) is 2.50. The number of benzene rings is 1. The molecule has 0 aliphatic heterocycles. The molecule has 3 aromatic heterocycles. The maximum Gasteiger partial charge on any atom is 0.261 e. The monoisotopic (exact) mass is 366 g/mol. The number of fused-ring (bicyclic) bond motifs is 1. The van der Waals surface area contributed by atoms with Gasteiger partial charge in [0.25, 0.3) is 11.5 Å². The van der Waals surface area contributed by atoms with Crippen molar-refractivity contribution in [3.05, 3.63) is 76.2 Å². The summed E-state index contributed by atoms with van der Waals surface area (Å²) in [4.78, 5) is 34.9. The van der Waals surface area contributed by atoms with E-state index >= 15 is 0 Å². The van der Waals surface area contributed by atoms with Crippen LogP contribution < -0.4 is 10.9 Å². The van der Waals surface area contributed by atoms with E-state index in [1.54, 1.807) is 36.4 Å². The van der Waals surface area contributed by atoms with E-state index in [9.17, 15) is 9.59 Å². The Bertz CT molecular complexity index is 1170. The van der Waals surface area contributed by atoms with Crippen LogP contribution in [-0.4, -0.2) is 30.6 Å². The average Bonchev–Trinajstić information content (AvgIpc) is 3.08. The summed E-state index contributed by atoms with van der Waals surface area (Å²) < 4.78 is 1.50. The SMILES string of the molecule is O=C(Nc1ccccc1-n1ncc2c(=O)[nH]cnc21)c1ccc(Cl)nc1. The van der Waals surface area contributed by atoms with Crippen molar-refractivity contribution in [3.63, 3.8) is 0 Å². The lowest BCUT2D eigenvalue weighted by Gasteiger charge is -2.11. The summed E-state index contributed by atoms with van der Waals surface area (Å²) >= 11 is 5.75. The molecule has 1 amide bonds. The van der Waals surface area contributed by atoms with Crippen LogP contribution in [0, 0.1) is 0 Å². The number of carbonyl (C=O) groups is 1. The Balaban J connectivity index is 1.75. The molecule has 4 rings (SSSR count). The third kappa shape index (κ3) is 2.82. The largest absolute Gasteiger partial charge is 0.320 e. The third-order valence-electron chi connectivity index (χ3n) is 3.74. The zero-order valence-electron chi connectivity index (χ0n) is 13.2. The number of aromatic amines is 1. The van der Waals surface area contributed by atoms with E-state index < -0.39 is 0 Å². The van der Waals surface area contributed by atoms with Gasteiger partial charge in [-0.15, -0.1) is 0 Å². The predicted molar refractivity (Wildman–Crippen MR) is 96.7 cm³/mol. The topological polar surface area (TPSA) is 106 Å². The highest BCUT2D eigenvalue weighted by Gasteiger charge is 2.14. The Morgan fingerprint density at radius 1 is 1.12 bits per heavy atom. The molecule has 128 valence electrons. The maximum atomic E-state index is 12.5. The van der Waals surface area contributed by atoms with Gasteiger partial charge in [0.15, 0.2) is 5.65 Å². The summed E-state index contributed by atoms with van der Waals surface area (Å²) in [7, 11) is 0. The molecule has 0 radical (unpaired) electrons. The Morgan fingerprint density at radius 2 is 1.96 bits per heavy atom. The van der Waals surface area contributed by atoms with Crippen LogP contribution in [0.25, 0.3) is 16.7 Å². The van der Waals surface area contributed by atoms with Gasteiger partial charge in [-0.25, -0.2) is 14.6 Å². The van der Waals surface area contributed by atoms with Crippen molar-refractivity contribution < 1.29 is 4.79 Å². The molecule has 8 nitrogen and oxygen atoms in total. The highest BCUT2D eigenvalue weighted by Crippen LogP contribution is 2.22. The third-order valence-corrected chi connectivity index (χ3v) is 3.96. The number of nitrogens with zero attached hydrogens (tertiary/aromatic N) is 4. The normalized spacial score (nSPS) is 10.8. The van der Waals surface area contributed by atoms with Crippen molar-refractivity contribution in [1.82, 2.24) is 24.7 Å². The summed E-state index contributed by atoms with van der Waals surface area (Å²) in [6, 6.07) is 10.2. The highest BCUT2D eigenvalue weighted by molar-refractivity contribution is 6.29. The van der Waals surface area contributed by atoms with Gasteiger partial charge in [0.05, 0.1) is 29.5 Å². The molecule has 0 aliphatic rings. The molecule has 0 atom stereocenters. The van der Waals surface area contributed by atoms with Crippen molar-refractivity contribution in [3.8, 4) is 5.69 Å². The minimum atomic E-state index is -0.344. The zero-order valence-corrected chi connectivity index (χ0v) is 13.9. The molecule has 0 aliphatic carbocycles. The van der Waals surface area contributed by atoms with Crippen LogP contribution in [0.1, 0.15) is 10.4 Å². The molecule has 0 fully saturated rings. The number of amides is 1. The molecule has 4 aromatic rings. The standard InChI is InChI=1S/C17H11ClN6O2/c18-14-6-5-10(7-19-14)16(25)23-12-3-1-2-4-13(12)24-15-11(8-22-24)17(26)21-9-20-15/h1-9H,(H,23,25)(H,20,21,26). The zero-order chi connectivity index (χ0) is 18.1. The second-order valence-corrected chi connectivity index (χ2v) is 5.75. The number of nitrogens with one attached hydrogen (secondary N) is 2. The molecule has 0 unspecified atom stereocenters. The van der Waals surface area contributed by atoms with Crippen molar-refractivity contribution in [2.75, 3.05) is 5.32 Å². The number of carbonyl (C=O) groups excluding carboxylic acids is 1. The summed E-state index contributed by atoms with van der Waals surface area (Å²) in [6.45, 7) is 0. The number of hydrogen-bond acceptors (Lipinski definition) is 5. The second-order valence-electron chi connectivity index (χ2n) is 5.37. The molecule has 0 saturated carbocycles. The van der Waals surface area contributed by atoms with Gasteiger partial charge in [-0.1, -0.05) is 23.7 Å². The number of anilines is 1. The van der Waals surface area contributed by atoms with Crippen molar-refractivity contribution in [2.45, 2.75) is 0 Å². The first-order chi connectivity index (χ1) is 12.6. The van der Waals surface area contributed by atoms with E-state index in [0.29, 0.717) is 33.1 Å². The summed E-state index contributed by atoms with van der Waals surface area (Å²) in [5, 5.41) is 7.71. The van der Waals surface area contributed by atoms with Gasteiger partial charge in [0, 0.05) is 6.20 Å². The van der Waals surface area contributed by atoms with Crippen molar-refractivity contribution >= 4 is 34.2 Å². The molecule has 0 spiro atoms. The van der Waals surface area contributed by atoms with Gasteiger partial charge in [-0.2, -0.15) is 5.10 Å². The van der Waals surface area contributed by atoms with Crippen LogP contribution in [-0.2, 0) is 0 Å². The Hall–Kier alpha value is -3.52. The van der Waals surface area contributed by atoms with Crippen LogP contribution >= 0.6 is 11.6 Å². The predicted octanol–water partition coefficient (Wildman–Crippen LogP) is 2.41. The van der Waals surface area contributed by atoms with Crippen LogP contribution in [0.2, 0.25) is 5.15 Å². The van der Waals surface area contributed by atoms with Gasteiger partial charge in [0.1, 0.15) is 10.5 Å². The first-order valence-electron chi connectivity index (χ1n) is 7.57.